The Hall–Kier alpha value is -3.87. The van der Waals surface area contributed by atoms with Crippen molar-refractivity contribution in [2.75, 3.05) is 0 Å². The van der Waals surface area contributed by atoms with Crippen LogP contribution in [0.3, 0.4) is 0 Å². The van der Waals surface area contributed by atoms with Crippen molar-refractivity contribution < 1.29 is 49.0 Å². The molecule has 0 unspecified atom stereocenters. The van der Waals surface area contributed by atoms with Crippen molar-refractivity contribution in [3.63, 3.8) is 0 Å². The van der Waals surface area contributed by atoms with Gasteiger partial charge in [0.1, 0.15) is 0 Å². The number of benzene rings is 6. The molecule has 0 bridgehead atoms. The van der Waals surface area contributed by atoms with Gasteiger partial charge in [-0.15, -0.1) is 35.2 Å². The van der Waals surface area contributed by atoms with Crippen molar-refractivity contribution >= 4 is 3.21 Å². The van der Waals surface area contributed by atoms with Crippen LogP contribution in [-0.4, -0.2) is 3.21 Å². The fraction of sp³-hybridized carbons (Fsp3) is 0.255. The van der Waals surface area contributed by atoms with Crippen LogP contribution in [-0.2, 0) is 41.5 Å². The fourth-order valence-electron chi connectivity index (χ4n) is 7.52. The number of aryl methyl sites for hydroxylation is 4. The number of halogens is 2. The predicted molar refractivity (Wildman–Crippen MR) is 238 cm³/mol. The first-order valence-corrected chi connectivity index (χ1v) is 21.2. The zero-order chi connectivity index (χ0) is 40.2. The molecule has 0 saturated carbocycles. The minimum Gasteiger partial charge on any atom is -1.00 e. The maximum atomic E-state index is 3.93. The van der Waals surface area contributed by atoms with E-state index in [4.69, 9.17) is 0 Å². The molecule has 6 aromatic carbocycles. The molecule has 0 amide bonds. The first kappa shape index (κ1) is 46.8. The van der Waals surface area contributed by atoms with Crippen LogP contribution in [0.1, 0.15) is 104 Å². The molecule has 0 radical (unpaired) electrons. The second-order valence-corrected chi connectivity index (χ2v) is 18.7. The van der Waals surface area contributed by atoms with Crippen LogP contribution in [0.25, 0.3) is 33.4 Å². The molecular formula is C55H56Cl2Zr-2. The number of fused-ring (bicyclic) bond motifs is 3. The molecule has 2 aliphatic rings. The number of rotatable bonds is 4. The zero-order valence-electron chi connectivity index (χ0n) is 35.9. The van der Waals surface area contributed by atoms with Gasteiger partial charge in [0, 0.05) is 0 Å². The SMILES string of the molecule is Cc1ccc([C](=[Zr+2])c2ccc(C)cc2)cc1.Cc1ccccc1-c1[c-]c2c(cc1C(C)(C)C)-c1cc(C(C)(C)C)c(-c3ccccc3C)cc1C2.[C-]1=CC=CC1.[Cl-].[Cl-]. The van der Waals surface area contributed by atoms with Gasteiger partial charge in [0.25, 0.3) is 0 Å². The van der Waals surface area contributed by atoms with Crippen molar-refractivity contribution in [2.45, 2.75) is 92.9 Å². The maximum absolute atomic E-state index is 3.93. The maximum Gasteiger partial charge on any atom is -0.0126 e. The summed E-state index contributed by atoms with van der Waals surface area (Å²) in [5.74, 6) is 0. The molecule has 6 aromatic rings. The molecule has 0 fully saturated rings. The van der Waals surface area contributed by atoms with Gasteiger partial charge in [0.2, 0.25) is 0 Å². The Bertz CT molecular complexity index is 2250. The van der Waals surface area contributed by atoms with Gasteiger partial charge >= 0.3 is 112 Å². The van der Waals surface area contributed by atoms with Crippen LogP contribution >= 0.6 is 0 Å². The predicted octanol–water partition coefficient (Wildman–Crippen LogP) is 8.34. The molecule has 0 saturated heterocycles. The molecule has 0 atom stereocenters. The Balaban J connectivity index is 0.000000268. The summed E-state index contributed by atoms with van der Waals surface area (Å²) in [4.78, 5) is 0. The topological polar surface area (TPSA) is 0 Å². The van der Waals surface area contributed by atoms with Crippen LogP contribution in [0.2, 0.25) is 0 Å². The summed E-state index contributed by atoms with van der Waals surface area (Å²) < 4.78 is 1.42. The summed E-state index contributed by atoms with van der Waals surface area (Å²) in [6.45, 7) is 22.6. The minimum atomic E-state index is 0. The molecular weight excluding hydrogens is 823 g/mol. The second-order valence-electron chi connectivity index (χ2n) is 17.4. The van der Waals surface area contributed by atoms with Gasteiger partial charge in [0.05, 0.1) is 0 Å². The molecule has 0 spiro atoms. The zero-order valence-corrected chi connectivity index (χ0v) is 39.8. The smallest absolute Gasteiger partial charge is 0.0126 e. The van der Waals surface area contributed by atoms with E-state index in [1.807, 2.05) is 12.2 Å². The van der Waals surface area contributed by atoms with Crippen LogP contribution in [0.5, 0.6) is 0 Å². The van der Waals surface area contributed by atoms with Crippen molar-refractivity contribution in [1.29, 1.82) is 0 Å². The van der Waals surface area contributed by atoms with E-state index in [0.717, 1.165) is 12.8 Å². The largest absolute Gasteiger partial charge is 1.00 e. The van der Waals surface area contributed by atoms with Crippen LogP contribution < -0.4 is 24.8 Å². The van der Waals surface area contributed by atoms with E-state index in [9.17, 15) is 0 Å². The summed E-state index contributed by atoms with van der Waals surface area (Å²) in [5.41, 5.74) is 21.6. The Morgan fingerprint density at radius 3 is 1.50 bits per heavy atom. The summed E-state index contributed by atoms with van der Waals surface area (Å²) >= 11 is 1.46. The normalized spacial score (nSPS) is 12.2. The molecule has 58 heavy (non-hydrogen) atoms. The fourth-order valence-corrected chi connectivity index (χ4v) is 8.34. The van der Waals surface area contributed by atoms with Gasteiger partial charge in [-0.3, -0.25) is 6.08 Å². The van der Waals surface area contributed by atoms with Crippen LogP contribution in [0.4, 0.5) is 0 Å². The molecule has 2 aliphatic carbocycles. The Labute approximate surface area is 377 Å². The average molecular weight is 879 g/mol. The molecule has 0 nitrogen and oxygen atoms in total. The minimum absolute atomic E-state index is 0. The van der Waals surface area contributed by atoms with E-state index in [-0.39, 0.29) is 35.6 Å². The Morgan fingerprint density at radius 1 is 0.552 bits per heavy atom. The van der Waals surface area contributed by atoms with Gasteiger partial charge in [-0.05, 0) is 58.9 Å². The van der Waals surface area contributed by atoms with Gasteiger partial charge in [0.15, 0.2) is 0 Å². The number of hydrogen-bond acceptors (Lipinski definition) is 0. The molecule has 0 N–H and O–H groups in total. The van der Waals surface area contributed by atoms with Crippen molar-refractivity contribution in [2.24, 2.45) is 0 Å². The Kier molecular flexibility index (Phi) is 16.1. The van der Waals surface area contributed by atoms with E-state index in [0.29, 0.717) is 0 Å². The number of hydrogen-bond donors (Lipinski definition) is 0. The van der Waals surface area contributed by atoms with Gasteiger partial charge in [-0.25, -0.2) is 12.2 Å². The molecule has 0 aliphatic heterocycles. The average Bonchev–Trinajstić information content (AvgIpc) is 3.86. The third-order valence-electron chi connectivity index (χ3n) is 10.8. The third-order valence-corrected chi connectivity index (χ3v) is 12.2. The molecule has 3 heteroatoms. The van der Waals surface area contributed by atoms with Crippen LogP contribution in [0, 0.1) is 39.8 Å². The van der Waals surface area contributed by atoms with Gasteiger partial charge in [-0.1, -0.05) is 124 Å². The monoisotopic (exact) mass is 876 g/mol. The quantitative estimate of drug-likeness (QED) is 0.156. The summed E-state index contributed by atoms with van der Waals surface area (Å²) in [7, 11) is 0. The second kappa shape index (κ2) is 19.9. The third kappa shape index (κ3) is 11.0. The molecule has 8 rings (SSSR count). The van der Waals surface area contributed by atoms with E-state index in [1.165, 1.54) is 116 Å². The molecule has 0 aromatic heterocycles. The van der Waals surface area contributed by atoms with Crippen LogP contribution in [0.15, 0.2) is 133 Å². The molecule has 0 heterocycles. The molecule has 296 valence electrons. The Morgan fingerprint density at radius 2 is 1.05 bits per heavy atom. The summed E-state index contributed by atoms with van der Waals surface area (Å²) in [5, 5.41) is 0. The number of allylic oxidation sites excluding steroid dienone is 4. The standard InChI is InChI=1S/C35H37.C15H14.C5H5.2ClH.Zr/c1-22-13-9-11-15-26(22)30-18-24-17-25-19-31(27-16-12-10-14-23(27)2)33(35(6,7)8)21-29(25)28(24)20-32(30)34(3,4)5;1-12-3-7-14(8-4-12)11-15-9-5-13(2)6-10-15;1-2-4-5-3-1;;;/h9-16,18,20-21H,17H2,1-8H3;3-10H,1-2H3;1-3H,4H2;2*1H;/q-1;;-1;;;+2/p-2. The summed E-state index contributed by atoms with van der Waals surface area (Å²) in [6.07, 6.45) is 10.9. The van der Waals surface area contributed by atoms with E-state index in [2.05, 4.69) is 203 Å². The van der Waals surface area contributed by atoms with E-state index in [1.54, 1.807) is 0 Å². The van der Waals surface area contributed by atoms with Gasteiger partial charge in [-0.2, -0.15) is 6.08 Å². The van der Waals surface area contributed by atoms with Crippen molar-refractivity contribution in [3.05, 3.63) is 201 Å². The first-order valence-electron chi connectivity index (χ1n) is 20.0. The van der Waals surface area contributed by atoms with E-state index >= 15 is 0 Å². The van der Waals surface area contributed by atoms with Crippen molar-refractivity contribution in [1.82, 2.24) is 0 Å². The van der Waals surface area contributed by atoms with Crippen molar-refractivity contribution in [3.8, 4) is 33.4 Å². The van der Waals surface area contributed by atoms with E-state index < -0.39 is 0 Å². The van der Waals surface area contributed by atoms with Gasteiger partial charge < -0.3 is 24.8 Å². The first-order chi connectivity index (χ1) is 26.6. The summed E-state index contributed by atoms with van der Waals surface area (Å²) in [6, 6.07) is 46.4.